The summed E-state index contributed by atoms with van der Waals surface area (Å²) < 4.78 is 11.2. The predicted octanol–water partition coefficient (Wildman–Crippen LogP) is 4.82. The number of amides is 1. The van der Waals surface area contributed by atoms with Crippen molar-refractivity contribution in [2.24, 2.45) is 0 Å². The van der Waals surface area contributed by atoms with Crippen LogP contribution in [0, 0.1) is 0 Å². The summed E-state index contributed by atoms with van der Waals surface area (Å²) in [5, 5.41) is 16.7. The van der Waals surface area contributed by atoms with Crippen molar-refractivity contribution in [3.05, 3.63) is 50.3 Å². The first-order chi connectivity index (χ1) is 13.4. The number of aromatic hydroxyl groups is 1. The largest absolute Gasteiger partial charge is 0.503 e. The molecule has 1 fully saturated rings. The number of halogens is 2. The Morgan fingerprint density at radius 3 is 2.86 bits per heavy atom. The fraction of sp³-hybridized carbons (Fsp3) is 0.211. The van der Waals surface area contributed by atoms with Crippen LogP contribution in [0.2, 0.25) is 5.02 Å². The first kappa shape index (κ1) is 20.7. The van der Waals surface area contributed by atoms with E-state index < -0.39 is 0 Å². The van der Waals surface area contributed by atoms with Gasteiger partial charge < -0.3 is 25.2 Å². The quantitative estimate of drug-likeness (QED) is 0.509. The van der Waals surface area contributed by atoms with E-state index in [1.54, 1.807) is 43.5 Å². The van der Waals surface area contributed by atoms with Gasteiger partial charge in [0.1, 0.15) is 5.75 Å². The van der Waals surface area contributed by atoms with Gasteiger partial charge in [0.25, 0.3) is 5.91 Å². The summed E-state index contributed by atoms with van der Waals surface area (Å²) in [6, 6.07) is 8.63. The summed E-state index contributed by atoms with van der Waals surface area (Å²) in [6.07, 6.45) is 1.74. The molecule has 3 N–H and O–H groups in total. The normalized spacial score (nSPS) is 17.5. The number of hydrogen-bond acceptors (Lipinski definition) is 6. The van der Waals surface area contributed by atoms with E-state index in [4.69, 9.17) is 21.1 Å². The Bertz CT molecular complexity index is 938. The van der Waals surface area contributed by atoms with Gasteiger partial charge in [0, 0.05) is 5.02 Å². The van der Waals surface area contributed by atoms with E-state index in [9.17, 15) is 9.90 Å². The molecule has 9 heteroatoms. The summed E-state index contributed by atoms with van der Waals surface area (Å²) in [4.78, 5) is 12.9. The van der Waals surface area contributed by atoms with Crippen LogP contribution in [0.5, 0.6) is 17.2 Å². The van der Waals surface area contributed by atoms with Crippen molar-refractivity contribution < 1.29 is 19.4 Å². The first-order valence-electron chi connectivity index (χ1n) is 8.36. The third-order valence-corrected chi connectivity index (χ3v) is 5.70. The van der Waals surface area contributed by atoms with Crippen LogP contribution < -0.4 is 20.1 Å². The number of anilines is 1. The van der Waals surface area contributed by atoms with Gasteiger partial charge >= 0.3 is 0 Å². The monoisotopic (exact) mass is 484 g/mol. The molecule has 28 heavy (non-hydrogen) atoms. The van der Waals surface area contributed by atoms with Gasteiger partial charge in [-0.1, -0.05) is 23.4 Å². The van der Waals surface area contributed by atoms with Crippen molar-refractivity contribution in [2.75, 3.05) is 19.0 Å². The minimum Gasteiger partial charge on any atom is -0.503 e. The van der Waals surface area contributed by atoms with Gasteiger partial charge in [0.05, 0.1) is 28.8 Å². The Labute approximate surface area is 180 Å². The molecule has 3 rings (SSSR count). The maximum atomic E-state index is 12.4. The Kier molecular flexibility index (Phi) is 6.64. The molecule has 0 aliphatic carbocycles. The highest BCUT2D eigenvalue weighted by molar-refractivity contribution is 9.10. The summed E-state index contributed by atoms with van der Waals surface area (Å²) in [5.74, 6) is 0.803. The van der Waals surface area contributed by atoms with E-state index in [-0.39, 0.29) is 17.2 Å². The molecular formula is C19H18BrClN2O4S. The number of carbonyl (C=O) groups excluding carboxylic acids is 1. The molecule has 6 nitrogen and oxygen atoms in total. The minimum atomic E-state index is -0.377. The maximum absolute atomic E-state index is 12.4. The number of methoxy groups -OCH3 is 1. The molecule has 1 heterocycles. The molecule has 1 aliphatic heterocycles. The van der Waals surface area contributed by atoms with Gasteiger partial charge in [-0.2, -0.15) is 0 Å². The molecule has 0 spiro atoms. The zero-order valence-electron chi connectivity index (χ0n) is 15.1. The third kappa shape index (κ3) is 4.68. The fourth-order valence-electron chi connectivity index (χ4n) is 2.59. The number of hydrogen-bond donors (Lipinski definition) is 3. The molecule has 0 bridgehead atoms. The fourth-order valence-corrected chi connectivity index (χ4v) is 4.20. The second kappa shape index (κ2) is 8.98. The lowest BCUT2D eigenvalue weighted by Gasteiger charge is -2.15. The Balaban J connectivity index is 1.81. The number of phenols is 1. The van der Waals surface area contributed by atoms with Crippen LogP contribution in [-0.4, -0.2) is 30.2 Å². The number of rotatable bonds is 6. The summed E-state index contributed by atoms with van der Waals surface area (Å²) in [7, 11) is 1.57. The Hall–Kier alpha value is -2.03. The number of carbonyl (C=O) groups is 1. The zero-order valence-corrected chi connectivity index (χ0v) is 18.2. The third-order valence-electron chi connectivity index (χ3n) is 3.83. The molecule has 1 atom stereocenters. The van der Waals surface area contributed by atoms with Gasteiger partial charge in [-0.3, -0.25) is 4.79 Å². The van der Waals surface area contributed by atoms with E-state index in [0.29, 0.717) is 38.2 Å². The van der Waals surface area contributed by atoms with Crippen LogP contribution in [0.1, 0.15) is 12.5 Å². The first-order valence-corrected chi connectivity index (χ1v) is 10.4. The topological polar surface area (TPSA) is 79.8 Å². The van der Waals surface area contributed by atoms with Crippen molar-refractivity contribution in [3.8, 4) is 17.2 Å². The molecule has 1 unspecified atom stereocenters. The van der Waals surface area contributed by atoms with Crippen molar-refractivity contribution in [1.29, 1.82) is 0 Å². The Morgan fingerprint density at radius 1 is 1.36 bits per heavy atom. The van der Waals surface area contributed by atoms with Gasteiger partial charge in [-0.05, 0) is 64.8 Å². The van der Waals surface area contributed by atoms with Crippen molar-refractivity contribution in [2.45, 2.75) is 12.4 Å². The highest BCUT2D eigenvalue weighted by Crippen LogP contribution is 2.38. The molecule has 148 valence electrons. The van der Waals surface area contributed by atoms with E-state index in [2.05, 4.69) is 26.6 Å². The minimum absolute atomic E-state index is 0.0279. The van der Waals surface area contributed by atoms with Gasteiger partial charge in [-0.25, -0.2) is 0 Å². The second-order valence-corrected chi connectivity index (χ2v) is 8.19. The standard InChI is InChI=1S/C19H18BrClN2O4S/c1-3-27-15-7-10(6-12(20)17(15)24)8-16-18(25)23-19(28-16)22-13-9-11(21)4-5-14(13)26-2/h4-9,19,22,24H,3H2,1-2H3,(H,23,25)/b16-8-. The van der Waals surface area contributed by atoms with E-state index in [1.165, 1.54) is 11.8 Å². The second-order valence-electron chi connectivity index (χ2n) is 5.75. The number of thioether (sulfide) groups is 1. The molecule has 2 aromatic carbocycles. The Morgan fingerprint density at radius 2 is 2.14 bits per heavy atom. The van der Waals surface area contributed by atoms with E-state index in [1.807, 2.05) is 6.92 Å². The molecule has 0 aromatic heterocycles. The molecular weight excluding hydrogens is 468 g/mol. The van der Waals surface area contributed by atoms with Gasteiger partial charge in [0.15, 0.2) is 17.0 Å². The summed E-state index contributed by atoms with van der Waals surface area (Å²) >= 11 is 10.7. The molecule has 0 saturated carbocycles. The van der Waals surface area contributed by atoms with Crippen LogP contribution in [0.25, 0.3) is 6.08 Å². The number of nitrogens with one attached hydrogen (secondary N) is 2. The predicted molar refractivity (Wildman–Crippen MR) is 116 cm³/mol. The van der Waals surface area contributed by atoms with Crippen molar-refractivity contribution in [3.63, 3.8) is 0 Å². The highest BCUT2D eigenvalue weighted by Gasteiger charge is 2.28. The van der Waals surface area contributed by atoms with Crippen LogP contribution in [-0.2, 0) is 4.79 Å². The maximum Gasteiger partial charge on any atom is 0.260 e. The molecule has 2 aromatic rings. The van der Waals surface area contributed by atoms with Gasteiger partial charge in [-0.15, -0.1) is 0 Å². The molecule has 0 radical (unpaired) electrons. The van der Waals surface area contributed by atoms with E-state index >= 15 is 0 Å². The van der Waals surface area contributed by atoms with Crippen molar-refractivity contribution in [1.82, 2.24) is 5.32 Å². The number of benzene rings is 2. The van der Waals surface area contributed by atoms with Crippen LogP contribution in [0.15, 0.2) is 39.7 Å². The average molecular weight is 486 g/mol. The molecule has 1 amide bonds. The van der Waals surface area contributed by atoms with Crippen molar-refractivity contribution >= 4 is 57.0 Å². The number of ether oxygens (including phenoxy) is 2. The SMILES string of the molecule is CCOc1cc(/C=C2\SC(Nc3cc(Cl)ccc3OC)NC2=O)cc(Br)c1O. The lowest BCUT2D eigenvalue weighted by Crippen LogP contribution is -2.31. The van der Waals surface area contributed by atoms with Gasteiger partial charge in [0.2, 0.25) is 0 Å². The smallest absolute Gasteiger partial charge is 0.260 e. The highest BCUT2D eigenvalue weighted by atomic mass is 79.9. The summed E-state index contributed by atoms with van der Waals surface area (Å²) in [6.45, 7) is 2.25. The lowest BCUT2D eigenvalue weighted by atomic mass is 10.2. The molecule has 1 saturated heterocycles. The van der Waals surface area contributed by atoms with Crippen LogP contribution >= 0.6 is 39.3 Å². The summed E-state index contributed by atoms with van der Waals surface area (Å²) in [5.41, 5.74) is 1.03. The molecule has 1 aliphatic rings. The van der Waals surface area contributed by atoms with Crippen LogP contribution in [0.4, 0.5) is 5.69 Å². The average Bonchev–Trinajstić information content (AvgIpc) is 2.98. The lowest BCUT2D eigenvalue weighted by molar-refractivity contribution is -0.116. The number of phenolic OH excluding ortho intramolecular Hbond substituents is 1. The van der Waals surface area contributed by atoms with Crippen LogP contribution in [0.3, 0.4) is 0 Å². The zero-order chi connectivity index (χ0) is 20.3. The van der Waals surface area contributed by atoms with E-state index in [0.717, 1.165) is 5.56 Å².